The number of ether oxygens (including phenoxy) is 2. The Balaban J connectivity index is 2.39. The number of thioether (sulfide) groups is 1. The quantitative estimate of drug-likeness (QED) is 0.632. The van der Waals surface area contributed by atoms with Gasteiger partial charge >= 0.3 is 0 Å². The molecule has 1 aromatic rings. The summed E-state index contributed by atoms with van der Waals surface area (Å²) in [6, 6.07) is 3.49. The monoisotopic (exact) mass is 413 g/mol. The van der Waals surface area contributed by atoms with Gasteiger partial charge in [0.25, 0.3) is 11.1 Å². The van der Waals surface area contributed by atoms with Crippen molar-refractivity contribution in [3.8, 4) is 11.5 Å². The van der Waals surface area contributed by atoms with Crippen LogP contribution in [0.1, 0.15) is 33.3 Å². The van der Waals surface area contributed by atoms with Gasteiger partial charge in [0.15, 0.2) is 11.5 Å². The van der Waals surface area contributed by atoms with Gasteiger partial charge in [0.05, 0.1) is 22.6 Å². The van der Waals surface area contributed by atoms with E-state index in [1.54, 1.807) is 6.08 Å². The van der Waals surface area contributed by atoms with Crippen molar-refractivity contribution in [1.82, 2.24) is 4.90 Å². The third-order valence-electron chi connectivity index (χ3n) is 3.26. The number of imide groups is 1. The third-order valence-corrected chi connectivity index (χ3v) is 4.73. The molecule has 0 bridgehead atoms. The highest BCUT2D eigenvalue weighted by atomic mass is 79.9. The fraction of sp³-hybridized carbons (Fsp3) is 0.412. The van der Waals surface area contributed by atoms with Gasteiger partial charge in [-0.3, -0.25) is 14.5 Å². The normalized spacial score (nSPS) is 16.4. The van der Waals surface area contributed by atoms with E-state index in [0.29, 0.717) is 29.6 Å². The maximum Gasteiger partial charge on any atom is 0.293 e. The lowest BCUT2D eigenvalue weighted by Gasteiger charge is -2.16. The van der Waals surface area contributed by atoms with Gasteiger partial charge in [0.1, 0.15) is 0 Å². The van der Waals surface area contributed by atoms with Crippen molar-refractivity contribution in [2.75, 3.05) is 13.2 Å². The second kappa shape index (κ2) is 8.07. The lowest BCUT2D eigenvalue weighted by Crippen LogP contribution is -2.34. The molecule has 24 heavy (non-hydrogen) atoms. The number of carbonyl (C=O) groups is 2. The van der Waals surface area contributed by atoms with Gasteiger partial charge in [0, 0.05) is 6.04 Å². The highest BCUT2D eigenvalue weighted by Gasteiger charge is 2.36. The van der Waals surface area contributed by atoms with Crippen molar-refractivity contribution in [2.45, 2.75) is 33.7 Å². The van der Waals surface area contributed by atoms with Crippen molar-refractivity contribution in [3.05, 3.63) is 27.1 Å². The Hall–Kier alpha value is -1.47. The molecule has 1 saturated heterocycles. The molecule has 0 unspecified atom stereocenters. The zero-order valence-corrected chi connectivity index (χ0v) is 16.5. The first kappa shape index (κ1) is 18.9. The lowest BCUT2D eigenvalue weighted by molar-refractivity contribution is -0.123. The topological polar surface area (TPSA) is 55.8 Å². The number of hydrogen-bond acceptors (Lipinski definition) is 5. The minimum Gasteiger partial charge on any atom is -0.490 e. The first-order valence-electron chi connectivity index (χ1n) is 7.75. The molecule has 0 aromatic heterocycles. The van der Waals surface area contributed by atoms with E-state index >= 15 is 0 Å². The molecule has 2 rings (SSSR count). The van der Waals surface area contributed by atoms with Gasteiger partial charge in [-0.1, -0.05) is 0 Å². The van der Waals surface area contributed by atoms with E-state index in [0.717, 1.165) is 21.8 Å². The number of nitrogens with zero attached hydrogens (tertiary/aromatic N) is 1. The average molecular weight is 414 g/mol. The second-order valence-electron chi connectivity index (χ2n) is 5.34. The van der Waals surface area contributed by atoms with Crippen molar-refractivity contribution in [3.63, 3.8) is 0 Å². The van der Waals surface area contributed by atoms with E-state index in [1.807, 2.05) is 39.8 Å². The summed E-state index contributed by atoms with van der Waals surface area (Å²) >= 11 is 4.43. The van der Waals surface area contributed by atoms with E-state index < -0.39 is 0 Å². The predicted octanol–water partition coefficient (Wildman–Crippen LogP) is 4.69. The summed E-state index contributed by atoms with van der Waals surface area (Å²) in [6.07, 6.45) is 1.70. The van der Waals surface area contributed by atoms with Crippen LogP contribution in [0.2, 0.25) is 0 Å². The molecule has 1 aliphatic rings. The lowest BCUT2D eigenvalue weighted by atomic mass is 10.1. The van der Waals surface area contributed by atoms with E-state index in [2.05, 4.69) is 15.9 Å². The number of benzene rings is 1. The van der Waals surface area contributed by atoms with Gasteiger partial charge < -0.3 is 9.47 Å². The van der Waals surface area contributed by atoms with Crippen LogP contribution in [0.4, 0.5) is 4.79 Å². The van der Waals surface area contributed by atoms with Gasteiger partial charge in [-0.25, -0.2) is 0 Å². The predicted molar refractivity (Wildman–Crippen MR) is 99.4 cm³/mol. The molecule has 0 atom stereocenters. The molecule has 130 valence electrons. The Kier molecular flexibility index (Phi) is 6.34. The Morgan fingerprint density at radius 2 is 1.88 bits per heavy atom. The van der Waals surface area contributed by atoms with Gasteiger partial charge in [-0.05, 0) is 79.2 Å². The van der Waals surface area contributed by atoms with Crippen molar-refractivity contribution >= 4 is 44.9 Å². The number of carbonyl (C=O) groups excluding carboxylic acids is 2. The molecule has 0 saturated carbocycles. The van der Waals surface area contributed by atoms with Crippen molar-refractivity contribution in [2.24, 2.45) is 0 Å². The van der Waals surface area contributed by atoms with E-state index in [1.165, 1.54) is 4.90 Å². The van der Waals surface area contributed by atoms with Crippen LogP contribution >= 0.6 is 27.7 Å². The van der Waals surface area contributed by atoms with Crippen LogP contribution in [0.25, 0.3) is 6.08 Å². The van der Waals surface area contributed by atoms with E-state index in [4.69, 9.17) is 9.47 Å². The summed E-state index contributed by atoms with van der Waals surface area (Å²) < 4.78 is 12.0. The molecule has 2 amide bonds. The first-order valence-corrected chi connectivity index (χ1v) is 9.36. The standard InChI is InChI=1S/C17H20BrNO4S/c1-5-22-13-8-11(7-12(18)15(13)23-6-2)9-14-16(20)19(10(3)4)17(21)24-14/h7-10H,5-6H2,1-4H3/b14-9-. The fourth-order valence-corrected chi connectivity index (χ4v) is 3.83. The summed E-state index contributed by atoms with van der Waals surface area (Å²) in [7, 11) is 0. The highest BCUT2D eigenvalue weighted by molar-refractivity contribution is 9.10. The molecule has 1 fully saturated rings. The van der Waals surface area contributed by atoms with Crippen LogP contribution in [-0.2, 0) is 4.79 Å². The van der Waals surface area contributed by atoms with Gasteiger partial charge in [-0.2, -0.15) is 0 Å². The number of amides is 2. The number of halogens is 1. The number of hydrogen-bond donors (Lipinski definition) is 0. The summed E-state index contributed by atoms with van der Waals surface area (Å²) in [4.78, 5) is 26.0. The molecule has 5 nitrogen and oxygen atoms in total. The summed E-state index contributed by atoms with van der Waals surface area (Å²) in [6.45, 7) is 8.45. The zero-order valence-electron chi connectivity index (χ0n) is 14.1. The van der Waals surface area contributed by atoms with Crippen LogP contribution in [0.3, 0.4) is 0 Å². The Morgan fingerprint density at radius 1 is 1.21 bits per heavy atom. The molecule has 0 N–H and O–H groups in total. The van der Waals surface area contributed by atoms with Gasteiger partial charge in [-0.15, -0.1) is 0 Å². The molecule has 1 aromatic carbocycles. The molecule has 1 heterocycles. The summed E-state index contributed by atoms with van der Waals surface area (Å²) in [5.74, 6) is 0.970. The first-order chi connectivity index (χ1) is 11.4. The summed E-state index contributed by atoms with van der Waals surface area (Å²) in [5.41, 5.74) is 0.767. The molecule has 1 aliphatic heterocycles. The zero-order chi connectivity index (χ0) is 17.9. The molecule has 0 radical (unpaired) electrons. The molecule has 7 heteroatoms. The Labute approximate surface area is 154 Å². The maximum absolute atomic E-state index is 12.4. The van der Waals surface area contributed by atoms with E-state index in [-0.39, 0.29) is 17.2 Å². The SMILES string of the molecule is CCOc1cc(/C=C2\SC(=O)N(C(C)C)C2=O)cc(Br)c1OCC. The maximum atomic E-state index is 12.4. The Bertz CT molecular complexity index is 687. The van der Waals surface area contributed by atoms with Gasteiger partial charge in [0.2, 0.25) is 0 Å². The van der Waals surface area contributed by atoms with Crippen molar-refractivity contribution in [1.29, 1.82) is 0 Å². The minimum absolute atomic E-state index is 0.158. The smallest absolute Gasteiger partial charge is 0.293 e. The molecule has 0 spiro atoms. The average Bonchev–Trinajstić information content (AvgIpc) is 2.77. The molecule has 0 aliphatic carbocycles. The molecular weight excluding hydrogens is 394 g/mol. The highest BCUT2D eigenvalue weighted by Crippen LogP contribution is 2.39. The van der Waals surface area contributed by atoms with Crippen LogP contribution in [0, 0.1) is 0 Å². The van der Waals surface area contributed by atoms with Crippen LogP contribution in [-0.4, -0.2) is 35.3 Å². The summed E-state index contributed by atoms with van der Waals surface area (Å²) in [5, 5.41) is -0.240. The van der Waals surface area contributed by atoms with Crippen LogP contribution < -0.4 is 9.47 Å². The van der Waals surface area contributed by atoms with Crippen LogP contribution in [0.5, 0.6) is 11.5 Å². The minimum atomic E-state index is -0.261. The second-order valence-corrected chi connectivity index (χ2v) is 7.19. The molecular formula is C17H20BrNO4S. The van der Waals surface area contributed by atoms with Crippen LogP contribution in [0.15, 0.2) is 21.5 Å². The third kappa shape index (κ3) is 3.95. The largest absolute Gasteiger partial charge is 0.490 e. The van der Waals surface area contributed by atoms with E-state index in [9.17, 15) is 9.59 Å². The number of rotatable bonds is 6. The Morgan fingerprint density at radius 3 is 2.42 bits per heavy atom. The fourth-order valence-electron chi connectivity index (χ4n) is 2.30. The van der Waals surface area contributed by atoms with Crippen molar-refractivity contribution < 1.29 is 19.1 Å².